The average Bonchev–Trinajstić information content (AvgIpc) is 3.31. The monoisotopic (exact) mass is 416 g/mol. The molecule has 11 nitrogen and oxygen atoms in total. The fraction of sp³-hybridized carbons (Fsp3) is 0.368. The molecule has 0 N–H and O–H groups in total. The van der Waals surface area contributed by atoms with Crippen molar-refractivity contribution < 1.29 is 38.3 Å². The van der Waals surface area contributed by atoms with E-state index in [0.29, 0.717) is 0 Å². The van der Waals surface area contributed by atoms with Crippen LogP contribution >= 0.6 is 0 Å². The second-order valence-electron chi connectivity index (χ2n) is 7.11. The number of hydrogen-bond donors (Lipinski definition) is 0. The lowest BCUT2D eigenvalue weighted by Crippen LogP contribution is -2.52. The van der Waals surface area contributed by atoms with Crippen LogP contribution in [0.1, 0.15) is 13.8 Å². The van der Waals surface area contributed by atoms with Crippen molar-refractivity contribution in [1.82, 2.24) is 0 Å². The van der Waals surface area contributed by atoms with Gasteiger partial charge in [-0.3, -0.25) is 29.3 Å². The Hall–Kier alpha value is -3.60. The van der Waals surface area contributed by atoms with E-state index in [9.17, 15) is 29.3 Å². The Balaban J connectivity index is 1.78. The van der Waals surface area contributed by atoms with Gasteiger partial charge in [0.15, 0.2) is 5.60 Å². The number of ether oxygens (including phenoxy) is 3. The molecule has 11 heteroatoms. The number of fused-ring (bicyclic) bond motifs is 5. The Morgan fingerprint density at radius 2 is 1.80 bits per heavy atom. The molecule has 1 aromatic carbocycles. The van der Waals surface area contributed by atoms with Gasteiger partial charge < -0.3 is 14.2 Å². The van der Waals surface area contributed by atoms with Crippen LogP contribution in [0.25, 0.3) is 0 Å². The maximum absolute atomic E-state index is 13.3. The molecule has 0 aromatic heterocycles. The topological polar surface area (TPSA) is 142 Å². The van der Waals surface area contributed by atoms with E-state index in [1.807, 2.05) is 0 Å². The first-order chi connectivity index (χ1) is 14.2. The zero-order chi connectivity index (χ0) is 21.8. The molecule has 0 aliphatic carbocycles. The van der Waals surface area contributed by atoms with Crippen molar-refractivity contribution >= 4 is 35.1 Å². The molecule has 2 fully saturated rings. The lowest BCUT2D eigenvalue weighted by molar-refractivity contribution is -0.384. The lowest BCUT2D eigenvalue weighted by Gasteiger charge is -2.34. The molecule has 0 spiro atoms. The van der Waals surface area contributed by atoms with E-state index in [2.05, 4.69) is 0 Å². The van der Waals surface area contributed by atoms with E-state index in [-0.39, 0.29) is 5.69 Å². The highest BCUT2D eigenvalue weighted by atomic mass is 16.7. The van der Waals surface area contributed by atoms with Crippen LogP contribution < -0.4 is 4.90 Å². The second-order valence-corrected chi connectivity index (χ2v) is 7.11. The quantitative estimate of drug-likeness (QED) is 0.170. The molecule has 4 atom stereocenters. The fourth-order valence-corrected chi connectivity index (χ4v) is 4.26. The molecular formula is C19H16N2O9. The van der Waals surface area contributed by atoms with Crippen molar-refractivity contribution in [2.45, 2.75) is 31.8 Å². The van der Waals surface area contributed by atoms with Crippen LogP contribution in [0.15, 0.2) is 36.4 Å². The molecule has 3 heterocycles. The number of benzene rings is 1. The predicted octanol–water partition coefficient (Wildman–Crippen LogP) is 0.860. The minimum Gasteiger partial charge on any atom is -0.422 e. The van der Waals surface area contributed by atoms with E-state index < -0.39 is 64.2 Å². The number of amides is 2. The van der Waals surface area contributed by atoms with Crippen LogP contribution in [0.5, 0.6) is 0 Å². The van der Waals surface area contributed by atoms with Gasteiger partial charge in [-0.05, 0) is 12.1 Å². The SMILES string of the molecule is CC(=O)OC(OC(C)=O)[C@]12C=C[C@@H](O1)[C@@H]1C(=O)N(c3ccccc3[N+](=O)[O-])C(=O)[C@@H]12. The lowest BCUT2D eigenvalue weighted by atomic mass is 9.76. The van der Waals surface area contributed by atoms with Gasteiger partial charge in [0.25, 0.3) is 12.0 Å². The Morgan fingerprint density at radius 3 is 2.40 bits per heavy atom. The van der Waals surface area contributed by atoms with Crippen LogP contribution in [-0.4, -0.2) is 46.7 Å². The molecule has 1 aromatic rings. The third-order valence-electron chi connectivity index (χ3n) is 5.31. The largest absolute Gasteiger partial charge is 0.422 e. The Morgan fingerprint density at radius 1 is 1.17 bits per heavy atom. The molecular weight excluding hydrogens is 400 g/mol. The molecule has 2 amide bonds. The number of hydrogen-bond acceptors (Lipinski definition) is 9. The van der Waals surface area contributed by atoms with Crippen LogP contribution in [0, 0.1) is 22.0 Å². The highest BCUT2D eigenvalue weighted by molar-refractivity contribution is 6.24. The van der Waals surface area contributed by atoms with Crippen molar-refractivity contribution in [3.8, 4) is 0 Å². The van der Waals surface area contributed by atoms with Gasteiger partial charge in [-0.2, -0.15) is 0 Å². The third-order valence-corrected chi connectivity index (χ3v) is 5.31. The number of anilines is 1. The number of nitrogens with zero attached hydrogens (tertiary/aromatic N) is 2. The van der Waals surface area contributed by atoms with Crippen molar-refractivity contribution in [3.63, 3.8) is 0 Å². The predicted molar refractivity (Wildman–Crippen MR) is 96.6 cm³/mol. The first kappa shape index (κ1) is 19.7. The summed E-state index contributed by atoms with van der Waals surface area (Å²) in [7, 11) is 0. The summed E-state index contributed by atoms with van der Waals surface area (Å²) >= 11 is 0. The maximum Gasteiger partial charge on any atom is 0.305 e. The summed E-state index contributed by atoms with van der Waals surface area (Å²) in [6.07, 6.45) is 0.512. The number of nitro benzene ring substituents is 1. The van der Waals surface area contributed by atoms with Gasteiger partial charge in [-0.15, -0.1) is 0 Å². The van der Waals surface area contributed by atoms with Crippen LogP contribution in [0.4, 0.5) is 11.4 Å². The molecule has 30 heavy (non-hydrogen) atoms. The normalized spacial score (nSPS) is 28.8. The smallest absolute Gasteiger partial charge is 0.305 e. The number of imide groups is 1. The Bertz CT molecular complexity index is 1000. The zero-order valence-electron chi connectivity index (χ0n) is 15.8. The van der Waals surface area contributed by atoms with Crippen molar-refractivity contribution in [3.05, 3.63) is 46.5 Å². The van der Waals surface area contributed by atoms with Crippen LogP contribution in [-0.2, 0) is 33.4 Å². The van der Waals surface area contributed by atoms with Crippen molar-refractivity contribution in [2.75, 3.05) is 4.90 Å². The zero-order valence-corrected chi connectivity index (χ0v) is 15.8. The molecule has 2 bridgehead atoms. The number of carbonyl (C=O) groups excluding carboxylic acids is 4. The summed E-state index contributed by atoms with van der Waals surface area (Å²) in [5.74, 6) is -5.21. The van der Waals surface area contributed by atoms with E-state index in [1.54, 1.807) is 0 Å². The summed E-state index contributed by atoms with van der Waals surface area (Å²) in [5, 5.41) is 11.4. The molecule has 156 valence electrons. The summed E-state index contributed by atoms with van der Waals surface area (Å²) in [5.41, 5.74) is -2.29. The average molecular weight is 416 g/mol. The van der Waals surface area contributed by atoms with Crippen LogP contribution in [0.2, 0.25) is 0 Å². The molecule has 2 saturated heterocycles. The van der Waals surface area contributed by atoms with Gasteiger partial charge >= 0.3 is 11.9 Å². The summed E-state index contributed by atoms with van der Waals surface area (Å²) in [4.78, 5) is 61.1. The number of esters is 2. The third kappa shape index (κ3) is 2.70. The number of rotatable bonds is 5. The maximum atomic E-state index is 13.3. The van der Waals surface area contributed by atoms with E-state index >= 15 is 0 Å². The van der Waals surface area contributed by atoms with E-state index in [0.717, 1.165) is 18.7 Å². The van der Waals surface area contributed by atoms with Gasteiger partial charge in [0.1, 0.15) is 5.69 Å². The number of para-hydroxylation sites is 2. The molecule has 4 rings (SSSR count). The van der Waals surface area contributed by atoms with E-state index in [4.69, 9.17) is 14.2 Å². The highest BCUT2D eigenvalue weighted by Crippen LogP contribution is 2.55. The van der Waals surface area contributed by atoms with Crippen molar-refractivity contribution in [2.24, 2.45) is 11.8 Å². The molecule has 3 aliphatic heterocycles. The van der Waals surface area contributed by atoms with Gasteiger partial charge in [0, 0.05) is 19.9 Å². The standard InChI is InChI=1S/C19H16N2O9/c1-9(22)28-18(29-10(2)23)19-8-7-13(30-19)14-15(19)17(25)20(16(14)24)11-5-3-4-6-12(11)21(26)27/h3-8,13-15,18H,1-2H3/t13-,14+,15-,19-/m1/s1. The summed E-state index contributed by atoms with van der Waals surface area (Å²) in [6, 6.07) is 5.37. The summed E-state index contributed by atoms with van der Waals surface area (Å²) in [6.45, 7) is 2.19. The van der Waals surface area contributed by atoms with Gasteiger partial charge in [0.2, 0.25) is 11.8 Å². The van der Waals surface area contributed by atoms with Gasteiger partial charge in [-0.1, -0.05) is 18.2 Å². The van der Waals surface area contributed by atoms with Crippen molar-refractivity contribution in [1.29, 1.82) is 0 Å². The fourth-order valence-electron chi connectivity index (χ4n) is 4.26. The van der Waals surface area contributed by atoms with Gasteiger partial charge in [0.05, 0.1) is 22.9 Å². The molecule has 0 radical (unpaired) electrons. The second kappa shape index (κ2) is 6.73. The first-order valence-corrected chi connectivity index (χ1v) is 9.00. The first-order valence-electron chi connectivity index (χ1n) is 9.00. The molecule has 0 saturated carbocycles. The highest BCUT2D eigenvalue weighted by Gasteiger charge is 2.72. The Labute approximate surface area is 169 Å². The minimum absolute atomic E-state index is 0.169. The minimum atomic E-state index is -1.71. The molecule has 0 unspecified atom stereocenters. The van der Waals surface area contributed by atoms with E-state index in [1.165, 1.54) is 36.4 Å². The number of nitro groups is 1. The number of carbonyl (C=O) groups is 4. The summed E-state index contributed by atoms with van der Waals surface area (Å²) < 4.78 is 16.1. The van der Waals surface area contributed by atoms with Gasteiger partial charge in [-0.25, -0.2) is 4.90 Å². The molecule has 3 aliphatic rings. The Kier molecular flexibility index (Phi) is 4.42. The van der Waals surface area contributed by atoms with Crippen LogP contribution in [0.3, 0.4) is 0 Å².